The van der Waals surface area contributed by atoms with Crippen molar-refractivity contribution in [2.45, 2.75) is 38.3 Å². The number of H-pyrrole nitrogens is 1. The van der Waals surface area contributed by atoms with Gasteiger partial charge in [0.2, 0.25) is 5.91 Å². The molecule has 4 heterocycles. The first-order chi connectivity index (χ1) is 15.2. The quantitative estimate of drug-likeness (QED) is 0.606. The Kier molecular flexibility index (Phi) is 6.05. The molecule has 1 aliphatic heterocycles. The second-order valence-electron chi connectivity index (χ2n) is 8.83. The molecule has 10 heteroatoms. The van der Waals surface area contributed by atoms with Gasteiger partial charge in [0.25, 0.3) is 0 Å². The summed E-state index contributed by atoms with van der Waals surface area (Å²) >= 11 is 6.09. The third-order valence-electron chi connectivity index (χ3n) is 5.97. The van der Waals surface area contributed by atoms with Crippen LogP contribution in [-0.2, 0) is 4.79 Å². The van der Waals surface area contributed by atoms with Crippen LogP contribution in [0.25, 0.3) is 22.4 Å². The second kappa shape index (κ2) is 8.63. The Bertz CT molecular complexity index is 1150. The number of amides is 1. The number of halogens is 2. The maximum atomic E-state index is 14.6. The normalized spacial score (nSPS) is 17.5. The predicted molar refractivity (Wildman–Crippen MR) is 123 cm³/mol. The van der Waals surface area contributed by atoms with E-state index in [-0.39, 0.29) is 17.8 Å². The third-order valence-corrected chi connectivity index (χ3v) is 6.17. The number of carbonyl (C=O) groups excluding carboxylic acids is 1. The van der Waals surface area contributed by atoms with E-state index < -0.39 is 11.4 Å². The monoisotopic (exact) mass is 459 g/mol. The van der Waals surface area contributed by atoms with Gasteiger partial charge in [-0.1, -0.05) is 11.6 Å². The van der Waals surface area contributed by atoms with Crippen LogP contribution in [0.15, 0.2) is 24.7 Å². The van der Waals surface area contributed by atoms with E-state index in [2.05, 4.69) is 30.2 Å². The number of likely N-dealkylation sites (tertiary alicyclic amines) is 1. The number of piperidine rings is 1. The van der Waals surface area contributed by atoms with Crippen molar-refractivity contribution in [1.29, 1.82) is 0 Å². The molecule has 2 N–H and O–H groups in total. The SMILES string of the molecule is CN(C)C(=O)C(C)(C)N1CCC[C@H](Nc2nc(-c3c[nH]c4ncc(Cl)cc34)ncc2F)C1. The summed E-state index contributed by atoms with van der Waals surface area (Å²) in [5.41, 5.74) is 0.707. The Morgan fingerprint density at radius 3 is 2.88 bits per heavy atom. The minimum Gasteiger partial charge on any atom is -0.363 e. The van der Waals surface area contributed by atoms with Gasteiger partial charge in [0.1, 0.15) is 5.65 Å². The number of aromatic nitrogens is 4. The lowest BCUT2D eigenvalue weighted by Crippen LogP contribution is -2.59. The highest BCUT2D eigenvalue weighted by molar-refractivity contribution is 6.31. The zero-order valence-corrected chi connectivity index (χ0v) is 19.4. The maximum Gasteiger partial charge on any atom is 0.242 e. The zero-order chi connectivity index (χ0) is 23.0. The molecule has 1 aliphatic rings. The smallest absolute Gasteiger partial charge is 0.242 e. The molecule has 0 unspecified atom stereocenters. The standard InChI is InChI=1S/C22H27ClFN7O/c1-22(2,21(32)30(3)4)31-7-5-6-14(12-31)28-20-17(24)11-27-19(29-20)16-10-26-18-15(16)8-13(23)9-25-18/h8-11,14H,5-7,12H2,1-4H3,(H,25,26)(H,27,28,29)/t14-/m0/s1. The summed E-state index contributed by atoms with van der Waals surface area (Å²) < 4.78 is 14.6. The first kappa shape index (κ1) is 22.4. The number of likely N-dealkylation sites (N-methyl/N-ethyl adjacent to an activating group) is 1. The van der Waals surface area contributed by atoms with Crippen molar-refractivity contribution in [2.75, 3.05) is 32.5 Å². The average Bonchev–Trinajstić information content (AvgIpc) is 3.18. The van der Waals surface area contributed by atoms with Crippen molar-refractivity contribution in [3.8, 4) is 11.4 Å². The number of aromatic amines is 1. The van der Waals surface area contributed by atoms with E-state index in [1.165, 1.54) is 6.20 Å². The number of fused-ring (bicyclic) bond motifs is 1. The molecular weight excluding hydrogens is 433 g/mol. The Hall–Kier alpha value is -2.78. The molecular formula is C22H27ClFN7O. The molecule has 0 aromatic carbocycles. The van der Waals surface area contributed by atoms with Gasteiger partial charge < -0.3 is 15.2 Å². The lowest BCUT2D eigenvalue weighted by Gasteiger charge is -2.43. The summed E-state index contributed by atoms with van der Waals surface area (Å²) in [6, 6.07) is 1.73. The van der Waals surface area contributed by atoms with Gasteiger partial charge in [0, 0.05) is 50.0 Å². The Balaban J connectivity index is 1.57. The van der Waals surface area contributed by atoms with E-state index in [4.69, 9.17) is 11.6 Å². The number of rotatable bonds is 5. The first-order valence-corrected chi connectivity index (χ1v) is 10.9. The van der Waals surface area contributed by atoms with Gasteiger partial charge in [-0.3, -0.25) is 9.69 Å². The molecule has 1 saturated heterocycles. The van der Waals surface area contributed by atoms with E-state index in [0.717, 1.165) is 24.8 Å². The molecule has 8 nitrogen and oxygen atoms in total. The van der Waals surface area contributed by atoms with E-state index >= 15 is 0 Å². The molecule has 32 heavy (non-hydrogen) atoms. The number of carbonyl (C=O) groups is 1. The maximum absolute atomic E-state index is 14.6. The molecule has 1 fully saturated rings. The molecule has 0 saturated carbocycles. The van der Waals surface area contributed by atoms with Crippen LogP contribution >= 0.6 is 11.6 Å². The Morgan fingerprint density at radius 1 is 1.34 bits per heavy atom. The fourth-order valence-corrected chi connectivity index (χ4v) is 4.40. The molecule has 0 bridgehead atoms. The molecule has 0 aliphatic carbocycles. The van der Waals surface area contributed by atoms with Crippen LogP contribution < -0.4 is 5.32 Å². The third kappa shape index (κ3) is 4.27. The summed E-state index contributed by atoms with van der Waals surface area (Å²) in [6.07, 6.45) is 6.21. The van der Waals surface area contributed by atoms with Crippen molar-refractivity contribution >= 4 is 34.4 Å². The van der Waals surface area contributed by atoms with Crippen LogP contribution in [0.5, 0.6) is 0 Å². The second-order valence-corrected chi connectivity index (χ2v) is 9.27. The van der Waals surface area contributed by atoms with Crippen LogP contribution in [-0.4, -0.2) is 74.4 Å². The van der Waals surface area contributed by atoms with Crippen molar-refractivity contribution < 1.29 is 9.18 Å². The summed E-state index contributed by atoms with van der Waals surface area (Å²) in [5, 5.41) is 4.50. The van der Waals surface area contributed by atoms with Crippen LogP contribution in [0.2, 0.25) is 5.02 Å². The lowest BCUT2D eigenvalue weighted by molar-refractivity contribution is -0.140. The molecule has 3 aromatic heterocycles. The van der Waals surface area contributed by atoms with Gasteiger partial charge in [-0.05, 0) is 39.3 Å². The number of hydrogen-bond donors (Lipinski definition) is 2. The minimum atomic E-state index is -0.643. The molecule has 1 amide bonds. The summed E-state index contributed by atoms with van der Waals surface area (Å²) in [6.45, 7) is 5.28. The fraction of sp³-hybridized carbons (Fsp3) is 0.455. The van der Waals surface area contributed by atoms with Crippen molar-refractivity contribution in [1.82, 2.24) is 29.7 Å². The van der Waals surface area contributed by atoms with Gasteiger partial charge in [0.05, 0.1) is 16.8 Å². The highest BCUT2D eigenvalue weighted by Gasteiger charge is 2.38. The largest absolute Gasteiger partial charge is 0.363 e. The van der Waals surface area contributed by atoms with E-state index in [9.17, 15) is 9.18 Å². The molecule has 4 rings (SSSR count). The average molecular weight is 460 g/mol. The predicted octanol–water partition coefficient (Wildman–Crippen LogP) is 3.56. The summed E-state index contributed by atoms with van der Waals surface area (Å²) in [4.78, 5) is 32.4. The molecule has 1 atom stereocenters. The van der Waals surface area contributed by atoms with Gasteiger partial charge >= 0.3 is 0 Å². The number of hydrogen-bond acceptors (Lipinski definition) is 6. The van der Waals surface area contributed by atoms with Gasteiger partial charge in [-0.15, -0.1) is 0 Å². The molecule has 0 spiro atoms. The van der Waals surface area contributed by atoms with Gasteiger partial charge in [-0.25, -0.2) is 19.3 Å². The van der Waals surface area contributed by atoms with E-state index in [1.54, 1.807) is 37.5 Å². The van der Waals surface area contributed by atoms with E-state index in [1.807, 2.05) is 13.8 Å². The molecule has 3 aromatic rings. The highest BCUT2D eigenvalue weighted by atomic mass is 35.5. The van der Waals surface area contributed by atoms with Crippen LogP contribution in [0.3, 0.4) is 0 Å². The Morgan fingerprint density at radius 2 is 2.12 bits per heavy atom. The first-order valence-electron chi connectivity index (χ1n) is 10.6. The van der Waals surface area contributed by atoms with Gasteiger partial charge in [-0.2, -0.15) is 0 Å². The fourth-order valence-electron chi connectivity index (χ4n) is 4.24. The molecule has 170 valence electrons. The van der Waals surface area contributed by atoms with Crippen LogP contribution in [0.1, 0.15) is 26.7 Å². The number of anilines is 1. The topological polar surface area (TPSA) is 90.0 Å². The number of nitrogens with zero attached hydrogens (tertiary/aromatic N) is 5. The summed E-state index contributed by atoms with van der Waals surface area (Å²) in [7, 11) is 3.52. The minimum absolute atomic E-state index is 0.0419. The summed E-state index contributed by atoms with van der Waals surface area (Å²) in [5.74, 6) is 0.0358. The van der Waals surface area contributed by atoms with Crippen molar-refractivity contribution in [3.63, 3.8) is 0 Å². The van der Waals surface area contributed by atoms with Crippen LogP contribution in [0.4, 0.5) is 10.2 Å². The van der Waals surface area contributed by atoms with Crippen molar-refractivity contribution in [3.05, 3.63) is 35.5 Å². The van der Waals surface area contributed by atoms with Crippen LogP contribution in [0, 0.1) is 5.82 Å². The zero-order valence-electron chi connectivity index (χ0n) is 18.6. The lowest BCUT2D eigenvalue weighted by atomic mass is 9.95. The number of nitrogens with one attached hydrogen (secondary N) is 2. The highest BCUT2D eigenvalue weighted by Crippen LogP contribution is 2.29. The Labute approximate surface area is 191 Å². The number of pyridine rings is 1. The molecule has 0 radical (unpaired) electrons. The van der Waals surface area contributed by atoms with Crippen molar-refractivity contribution in [2.24, 2.45) is 0 Å². The van der Waals surface area contributed by atoms with Gasteiger partial charge in [0.15, 0.2) is 17.5 Å². The van der Waals surface area contributed by atoms with E-state index in [0.29, 0.717) is 28.6 Å².